The molecule has 2 amide bonds. The van der Waals surface area contributed by atoms with Crippen LogP contribution in [0.15, 0.2) is 31.1 Å². The molecule has 0 N–H and O–H groups in total. The van der Waals surface area contributed by atoms with Crippen LogP contribution < -0.4 is 0 Å². The number of amides is 2. The van der Waals surface area contributed by atoms with E-state index in [1.54, 1.807) is 32.6 Å². The number of aromatic nitrogens is 4. The molecule has 1 aliphatic heterocycles. The molecule has 2 aromatic heterocycles. The fourth-order valence-electron chi connectivity index (χ4n) is 3.16. The summed E-state index contributed by atoms with van der Waals surface area (Å²) in [5, 5.41) is 0. The zero-order valence-electron chi connectivity index (χ0n) is 15.0. The molecule has 1 unspecified atom stereocenters. The maximum atomic E-state index is 12.6. The van der Waals surface area contributed by atoms with Crippen LogP contribution in [0.1, 0.15) is 39.4 Å². The van der Waals surface area contributed by atoms with Crippen molar-refractivity contribution in [1.82, 2.24) is 29.7 Å². The molecule has 3 rings (SSSR count). The quantitative estimate of drug-likeness (QED) is 0.815. The van der Waals surface area contributed by atoms with Gasteiger partial charge in [-0.2, -0.15) is 0 Å². The first-order chi connectivity index (χ1) is 12.5. The molecule has 0 bridgehead atoms. The average Bonchev–Trinajstić information content (AvgIpc) is 2.68. The van der Waals surface area contributed by atoms with E-state index in [0.29, 0.717) is 30.1 Å². The Bertz CT molecular complexity index is 780. The Morgan fingerprint density at radius 1 is 1.19 bits per heavy atom. The van der Waals surface area contributed by atoms with Crippen LogP contribution in [0.25, 0.3) is 0 Å². The van der Waals surface area contributed by atoms with Gasteiger partial charge in [0.05, 0.1) is 5.56 Å². The Balaban J connectivity index is 1.66. The minimum absolute atomic E-state index is 0.0403. The van der Waals surface area contributed by atoms with E-state index < -0.39 is 0 Å². The number of hydrogen-bond donors (Lipinski definition) is 0. The molecule has 136 valence electrons. The molecule has 8 heteroatoms. The molecule has 2 aromatic rings. The van der Waals surface area contributed by atoms with Crippen molar-refractivity contribution in [3.8, 4) is 0 Å². The normalized spacial score (nSPS) is 17.0. The molecule has 1 fully saturated rings. The molecule has 0 aromatic carbocycles. The van der Waals surface area contributed by atoms with E-state index >= 15 is 0 Å². The van der Waals surface area contributed by atoms with E-state index in [9.17, 15) is 9.59 Å². The number of carbonyl (C=O) groups is 2. The largest absolute Gasteiger partial charge is 0.343 e. The topological polar surface area (TPSA) is 92.2 Å². The van der Waals surface area contributed by atoms with Crippen molar-refractivity contribution >= 4 is 11.8 Å². The smallest absolute Gasteiger partial charge is 0.272 e. The second-order valence-electron chi connectivity index (χ2n) is 6.68. The lowest BCUT2D eigenvalue weighted by atomic mass is 9.92. The predicted molar refractivity (Wildman–Crippen MR) is 94.4 cm³/mol. The van der Waals surface area contributed by atoms with Crippen molar-refractivity contribution in [2.45, 2.75) is 19.3 Å². The lowest BCUT2D eigenvalue weighted by molar-refractivity contribution is 0.0671. The molecular weight excluding hydrogens is 332 g/mol. The van der Waals surface area contributed by atoms with Gasteiger partial charge in [-0.25, -0.2) is 19.9 Å². The van der Waals surface area contributed by atoms with Gasteiger partial charge in [0, 0.05) is 45.3 Å². The Morgan fingerprint density at radius 3 is 2.69 bits per heavy atom. The van der Waals surface area contributed by atoms with E-state index in [1.165, 1.54) is 17.6 Å². The SMILES string of the molecule is CN(C)C(=O)c1cc(CC2CCCN(C(=O)c3cncnc3)C2)ncn1. The van der Waals surface area contributed by atoms with Crippen molar-refractivity contribution in [2.24, 2.45) is 5.92 Å². The summed E-state index contributed by atoms with van der Waals surface area (Å²) in [6.07, 6.45) is 8.61. The van der Waals surface area contributed by atoms with Gasteiger partial charge in [-0.3, -0.25) is 9.59 Å². The highest BCUT2D eigenvalue weighted by molar-refractivity contribution is 5.93. The van der Waals surface area contributed by atoms with Gasteiger partial charge in [-0.1, -0.05) is 0 Å². The second kappa shape index (κ2) is 7.99. The number of likely N-dealkylation sites (tertiary alicyclic amines) is 1. The first-order valence-electron chi connectivity index (χ1n) is 8.61. The minimum atomic E-state index is -0.141. The highest BCUT2D eigenvalue weighted by atomic mass is 16.2. The minimum Gasteiger partial charge on any atom is -0.343 e. The molecule has 1 aliphatic rings. The Hall–Kier alpha value is -2.90. The first kappa shape index (κ1) is 17.9. The highest BCUT2D eigenvalue weighted by Crippen LogP contribution is 2.21. The number of carbonyl (C=O) groups excluding carboxylic acids is 2. The number of hydrogen-bond acceptors (Lipinski definition) is 6. The lowest BCUT2D eigenvalue weighted by Gasteiger charge is -2.32. The molecule has 0 spiro atoms. The van der Waals surface area contributed by atoms with Crippen molar-refractivity contribution < 1.29 is 9.59 Å². The van der Waals surface area contributed by atoms with Crippen LogP contribution in [0, 0.1) is 5.92 Å². The zero-order chi connectivity index (χ0) is 18.5. The standard InChI is InChI=1S/C18H22N6O2/c1-23(2)18(26)16-7-15(21-12-22-16)6-13-4-3-5-24(10-13)17(25)14-8-19-11-20-9-14/h7-9,11-13H,3-6,10H2,1-2H3. The van der Waals surface area contributed by atoms with Crippen LogP contribution in [0.3, 0.4) is 0 Å². The van der Waals surface area contributed by atoms with Crippen molar-refractivity contribution in [1.29, 1.82) is 0 Å². The van der Waals surface area contributed by atoms with E-state index in [-0.39, 0.29) is 11.8 Å². The van der Waals surface area contributed by atoms with E-state index in [4.69, 9.17) is 0 Å². The molecule has 0 radical (unpaired) electrons. The molecule has 26 heavy (non-hydrogen) atoms. The van der Waals surface area contributed by atoms with Crippen LogP contribution in [0.4, 0.5) is 0 Å². The fourth-order valence-corrected chi connectivity index (χ4v) is 3.16. The van der Waals surface area contributed by atoms with E-state index in [2.05, 4.69) is 19.9 Å². The van der Waals surface area contributed by atoms with E-state index in [0.717, 1.165) is 25.1 Å². The zero-order valence-corrected chi connectivity index (χ0v) is 15.0. The first-order valence-corrected chi connectivity index (χ1v) is 8.61. The summed E-state index contributed by atoms with van der Waals surface area (Å²) in [6, 6.07) is 1.74. The molecular formula is C18H22N6O2. The third-order valence-corrected chi connectivity index (χ3v) is 4.46. The van der Waals surface area contributed by atoms with Gasteiger partial charge >= 0.3 is 0 Å². The predicted octanol–water partition coefficient (Wildman–Crippen LogP) is 1.06. The third kappa shape index (κ3) is 4.19. The summed E-state index contributed by atoms with van der Waals surface area (Å²) >= 11 is 0. The summed E-state index contributed by atoms with van der Waals surface area (Å²) in [6.45, 7) is 1.40. The summed E-state index contributed by atoms with van der Waals surface area (Å²) in [5.41, 5.74) is 1.73. The van der Waals surface area contributed by atoms with Gasteiger partial charge in [0.15, 0.2) is 0 Å². The molecule has 1 atom stereocenters. The van der Waals surface area contributed by atoms with E-state index in [1.807, 2.05) is 4.90 Å². The Kier molecular flexibility index (Phi) is 5.50. The number of piperidine rings is 1. The van der Waals surface area contributed by atoms with Gasteiger partial charge in [-0.15, -0.1) is 0 Å². The highest BCUT2D eigenvalue weighted by Gasteiger charge is 2.25. The molecule has 3 heterocycles. The van der Waals surface area contributed by atoms with Crippen molar-refractivity contribution in [3.63, 3.8) is 0 Å². The van der Waals surface area contributed by atoms with Gasteiger partial charge in [0.2, 0.25) is 0 Å². The molecule has 0 saturated carbocycles. The maximum absolute atomic E-state index is 12.6. The van der Waals surface area contributed by atoms with Crippen LogP contribution >= 0.6 is 0 Å². The summed E-state index contributed by atoms with van der Waals surface area (Å²) in [5.74, 6) is 0.120. The summed E-state index contributed by atoms with van der Waals surface area (Å²) < 4.78 is 0. The van der Waals surface area contributed by atoms with Crippen LogP contribution in [0.5, 0.6) is 0 Å². The van der Waals surface area contributed by atoms with Crippen molar-refractivity contribution in [3.05, 3.63) is 48.1 Å². The lowest BCUT2D eigenvalue weighted by Crippen LogP contribution is -2.40. The van der Waals surface area contributed by atoms with Crippen LogP contribution in [-0.2, 0) is 6.42 Å². The Labute approximate surface area is 152 Å². The third-order valence-electron chi connectivity index (χ3n) is 4.46. The molecule has 8 nitrogen and oxygen atoms in total. The van der Waals surface area contributed by atoms with Gasteiger partial charge in [-0.05, 0) is 31.2 Å². The monoisotopic (exact) mass is 354 g/mol. The van der Waals surface area contributed by atoms with Crippen LogP contribution in [-0.4, -0.2) is 68.7 Å². The van der Waals surface area contributed by atoms with Gasteiger partial charge in [0.1, 0.15) is 18.3 Å². The second-order valence-corrected chi connectivity index (χ2v) is 6.68. The molecule has 0 aliphatic carbocycles. The fraction of sp³-hybridized carbons (Fsp3) is 0.444. The number of rotatable bonds is 4. The molecule has 1 saturated heterocycles. The van der Waals surface area contributed by atoms with Gasteiger partial charge in [0.25, 0.3) is 11.8 Å². The van der Waals surface area contributed by atoms with Crippen LogP contribution in [0.2, 0.25) is 0 Å². The number of nitrogens with zero attached hydrogens (tertiary/aromatic N) is 6. The average molecular weight is 354 g/mol. The maximum Gasteiger partial charge on any atom is 0.272 e. The Morgan fingerprint density at radius 2 is 1.96 bits per heavy atom. The summed E-state index contributed by atoms with van der Waals surface area (Å²) in [7, 11) is 3.39. The van der Waals surface area contributed by atoms with Gasteiger partial charge < -0.3 is 9.80 Å². The summed E-state index contributed by atoms with van der Waals surface area (Å²) in [4.78, 5) is 44.2. The van der Waals surface area contributed by atoms with Crippen molar-refractivity contribution in [2.75, 3.05) is 27.2 Å².